The van der Waals surface area contributed by atoms with Gasteiger partial charge in [-0.25, -0.2) is 0 Å². The van der Waals surface area contributed by atoms with Gasteiger partial charge in [-0.1, -0.05) is 32.6 Å². The lowest BCUT2D eigenvalue weighted by molar-refractivity contribution is -0.118. The fourth-order valence-electron chi connectivity index (χ4n) is 2.23. The lowest BCUT2D eigenvalue weighted by atomic mass is 10.1. The van der Waals surface area contributed by atoms with Gasteiger partial charge in [0, 0.05) is 25.1 Å². The molecule has 1 rings (SSSR count). The van der Waals surface area contributed by atoms with Crippen LogP contribution in [0.3, 0.4) is 0 Å². The summed E-state index contributed by atoms with van der Waals surface area (Å²) in [6.07, 6.45) is 7.29. The molecular formula is C15H26N2O. The molecule has 0 aliphatic carbocycles. The fourth-order valence-corrected chi connectivity index (χ4v) is 2.23. The molecule has 0 fully saturated rings. The summed E-state index contributed by atoms with van der Waals surface area (Å²) < 4.78 is 1.93. The Bertz CT molecular complexity index is 369. The molecule has 1 heterocycles. The van der Waals surface area contributed by atoms with E-state index in [-0.39, 0.29) is 0 Å². The molecule has 0 aromatic carbocycles. The number of aryl methyl sites for hydroxylation is 2. The summed E-state index contributed by atoms with van der Waals surface area (Å²) in [5.74, 6) is 0.348. The molecule has 0 unspecified atom stereocenters. The number of hydrogen-bond donors (Lipinski definition) is 0. The molecule has 0 spiro atoms. The minimum atomic E-state index is 0.348. The molecule has 0 radical (unpaired) electrons. The first-order valence-electron chi connectivity index (χ1n) is 7.22. The van der Waals surface area contributed by atoms with E-state index in [1.165, 1.54) is 25.7 Å². The van der Waals surface area contributed by atoms with Gasteiger partial charge in [-0.2, -0.15) is 5.10 Å². The van der Waals surface area contributed by atoms with E-state index in [2.05, 4.69) is 18.9 Å². The van der Waals surface area contributed by atoms with Gasteiger partial charge in [-0.05, 0) is 26.3 Å². The maximum absolute atomic E-state index is 11.9. The van der Waals surface area contributed by atoms with E-state index in [4.69, 9.17) is 0 Å². The van der Waals surface area contributed by atoms with E-state index in [9.17, 15) is 4.79 Å². The quantitative estimate of drug-likeness (QED) is 0.627. The van der Waals surface area contributed by atoms with Crippen molar-refractivity contribution in [1.82, 2.24) is 9.78 Å². The van der Waals surface area contributed by atoms with E-state index >= 15 is 0 Å². The van der Waals surface area contributed by atoms with Gasteiger partial charge in [0.15, 0.2) is 0 Å². The zero-order valence-electron chi connectivity index (χ0n) is 12.0. The summed E-state index contributed by atoms with van der Waals surface area (Å²) in [7, 11) is 0. The van der Waals surface area contributed by atoms with Crippen LogP contribution in [0.2, 0.25) is 0 Å². The highest BCUT2D eigenvalue weighted by Crippen LogP contribution is 2.09. The van der Waals surface area contributed by atoms with Gasteiger partial charge < -0.3 is 0 Å². The summed E-state index contributed by atoms with van der Waals surface area (Å²) in [4.78, 5) is 11.9. The van der Waals surface area contributed by atoms with Crippen molar-refractivity contribution in [2.45, 2.75) is 72.3 Å². The smallest absolute Gasteiger partial charge is 0.138 e. The summed E-state index contributed by atoms with van der Waals surface area (Å²) in [5.41, 5.74) is 2.07. The van der Waals surface area contributed by atoms with Crippen LogP contribution in [0.1, 0.15) is 63.8 Å². The Labute approximate surface area is 111 Å². The molecule has 0 aliphatic rings. The van der Waals surface area contributed by atoms with Crippen molar-refractivity contribution in [2.24, 2.45) is 0 Å². The van der Waals surface area contributed by atoms with Crippen LogP contribution < -0.4 is 0 Å². The predicted octanol–water partition coefficient (Wildman–Crippen LogP) is 3.68. The number of hydrogen-bond acceptors (Lipinski definition) is 2. The molecular weight excluding hydrogens is 224 g/mol. The first-order valence-corrected chi connectivity index (χ1v) is 7.22. The number of ketones is 1. The molecule has 0 saturated heterocycles. The van der Waals surface area contributed by atoms with Gasteiger partial charge >= 0.3 is 0 Å². The molecule has 0 bridgehead atoms. The van der Waals surface area contributed by atoms with Crippen LogP contribution in [0.4, 0.5) is 0 Å². The summed E-state index contributed by atoms with van der Waals surface area (Å²) in [6.45, 7) is 7.09. The first-order chi connectivity index (χ1) is 8.67. The van der Waals surface area contributed by atoms with Crippen molar-refractivity contribution < 1.29 is 4.79 Å². The Morgan fingerprint density at radius 1 is 1.22 bits per heavy atom. The molecule has 0 atom stereocenters. The van der Waals surface area contributed by atoms with Crippen molar-refractivity contribution in [3.8, 4) is 0 Å². The van der Waals surface area contributed by atoms with Crippen molar-refractivity contribution >= 4 is 5.78 Å². The van der Waals surface area contributed by atoms with Crippen LogP contribution in [-0.4, -0.2) is 15.6 Å². The molecule has 0 amide bonds. The minimum absolute atomic E-state index is 0.348. The lowest BCUT2D eigenvalue weighted by Gasteiger charge is -2.04. The minimum Gasteiger partial charge on any atom is -0.299 e. The lowest BCUT2D eigenvalue weighted by Crippen LogP contribution is -2.09. The standard InChI is InChI=1S/C15H26N2O/c1-4-6-7-8-9-10-15(18)12-14-11-13(3)16-17(14)5-2/h11H,4-10,12H2,1-3H3. The van der Waals surface area contributed by atoms with E-state index < -0.39 is 0 Å². The van der Waals surface area contributed by atoms with Gasteiger partial charge in [0.2, 0.25) is 0 Å². The molecule has 102 valence electrons. The zero-order chi connectivity index (χ0) is 13.4. The number of unbranched alkanes of at least 4 members (excludes halogenated alkanes) is 4. The molecule has 1 aromatic rings. The maximum atomic E-state index is 11.9. The first kappa shape index (κ1) is 14.9. The molecule has 3 heteroatoms. The zero-order valence-corrected chi connectivity index (χ0v) is 12.0. The van der Waals surface area contributed by atoms with Gasteiger partial charge in [0.25, 0.3) is 0 Å². The molecule has 0 aliphatic heterocycles. The fraction of sp³-hybridized carbons (Fsp3) is 0.733. The Morgan fingerprint density at radius 3 is 2.61 bits per heavy atom. The van der Waals surface area contributed by atoms with Crippen LogP contribution in [-0.2, 0) is 17.8 Å². The van der Waals surface area contributed by atoms with Crippen molar-refractivity contribution in [1.29, 1.82) is 0 Å². The molecule has 1 aromatic heterocycles. The maximum Gasteiger partial charge on any atom is 0.138 e. The average molecular weight is 250 g/mol. The topological polar surface area (TPSA) is 34.9 Å². The highest BCUT2D eigenvalue weighted by Gasteiger charge is 2.09. The highest BCUT2D eigenvalue weighted by atomic mass is 16.1. The molecule has 0 N–H and O–H groups in total. The molecule has 18 heavy (non-hydrogen) atoms. The number of rotatable bonds is 9. The Morgan fingerprint density at radius 2 is 1.94 bits per heavy atom. The Kier molecular flexibility index (Phi) is 6.69. The van der Waals surface area contributed by atoms with Crippen molar-refractivity contribution in [3.63, 3.8) is 0 Å². The highest BCUT2D eigenvalue weighted by molar-refractivity contribution is 5.80. The predicted molar refractivity (Wildman–Crippen MR) is 74.7 cm³/mol. The number of carbonyl (C=O) groups is 1. The van der Waals surface area contributed by atoms with Crippen LogP contribution in [0, 0.1) is 6.92 Å². The second-order valence-corrected chi connectivity index (χ2v) is 4.97. The third kappa shape index (κ3) is 5.03. The van der Waals surface area contributed by atoms with Crippen LogP contribution >= 0.6 is 0 Å². The van der Waals surface area contributed by atoms with Crippen LogP contribution in [0.15, 0.2) is 6.07 Å². The summed E-state index contributed by atoms with van der Waals surface area (Å²) in [5, 5.41) is 4.37. The van der Waals surface area contributed by atoms with Gasteiger partial charge in [-0.15, -0.1) is 0 Å². The monoisotopic (exact) mass is 250 g/mol. The largest absolute Gasteiger partial charge is 0.299 e. The third-order valence-corrected chi connectivity index (χ3v) is 3.22. The Balaban J connectivity index is 2.31. The Hall–Kier alpha value is -1.12. The van der Waals surface area contributed by atoms with Crippen LogP contribution in [0.25, 0.3) is 0 Å². The van der Waals surface area contributed by atoms with Gasteiger partial charge in [0.05, 0.1) is 5.69 Å². The second kappa shape index (κ2) is 8.06. The molecule has 0 saturated carbocycles. The molecule has 3 nitrogen and oxygen atoms in total. The average Bonchev–Trinajstić information content (AvgIpc) is 2.69. The number of carbonyl (C=O) groups excluding carboxylic acids is 1. The van der Waals surface area contributed by atoms with E-state index in [1.54, 1.807) is 0 Å². The summed E-state index contributed by atoms with van der Waals surface area (Å²) in [6, 6.07) is 2.03. The van der Waals surface area contributed by atoms with Crippen molar-refractivity contribution in [2.75, 3.05) is 0 Å². The van der Waals surface area contributed by atoms with E-state index in [0.29, 0.717) is 12.2 Å². The van der Waals surface area contributed by atoms with E-state index in [1.807, 2.05) is 17.7 Å². The SMILES string of the molecule is CCCCCCCC(=O)Cc1cc(C)nn1CC. The second-order valence-electron chi connectivity index (χ2n) is 4.97. The normalized spacial score (nSPS) is 10.8. The third-order valence-electron chi connectivity index (χ3n) is 3.22. The summed E-state index contributed by atoms with van der Waals surface area (Å²) >= 11 is 0. The van der Waals surface area contributed by atoms with E-state index in [0.717, 1.165) is 30.8 Å². The van der Waals surface area contributed by atoms with Gasteiger partial charge in [-0.3, -0.25) is 9.48 Å². The number of nitrogens with zero attached hydrogens (tertiary/aromatic N) is 2. The van der Waals surface area contributed by atoms with Gasteiger partial charge in [0.1, 0.15) is 5.78 Å². The number of Topliss-reactive ketones (excluding diaryl/α,β-unsaturated/α-hetero) is 1. The van der Waals surface area contributed by atoms with Crippen LogP contribution in [0.5, 0.6) is 0 Å². The van der Waals surface area contributed by atoms with Crippen molar-refractivity contribution in [3.05, 3.63) is 17.5 Å². The number of aromatic nitrogens is 2.